The van der Waals surface area contributed by atoms with E-state index in [9.17, 15) is 29.1 Å². The summed E-state index contributed by atoms with van der Waals surface area (Å²) in [6.45, 7) is 7.15. The summed E-state index contributed by atoms with van der Waals surface area (Å²) in [4.78, 5) is 67.5. The lowest BCUT2D eigenvalue weighted by atomic mass is 9.73. The van der Waals surface area contributed by atoms with Gasteiger partial charge in [-0.15, -0.1) is 11.8 Å². The predicted octanol–water partition coefficient (Wildman–Crippen LogP) is 1.17. The maximum Gasteiger partial charge on any atom is 0.353 e. The monoisotopic (exact) mass is 534 g/mol. The number of hydrogen-bond acceptors (Lipinski definition) is 7. The summed E-state index contributed by atoms with van der Waals surface area (Å²) in [5.74, 6) is -1.66. The van der Waals surface area contributed by atoms with Gasteiger partial charge in [-0.1, -0.05) is 13.8 Å². The van der Waals surface area contributed by atoms with Gasteiger partial charge in [-0.05, 0) is 31.6 Å². The molecule has 2 N–H and O–H groups in total. The third kappa shape index (κ3) is 5.30. The van der Waals surface area contributed by atoms with Crippen LogP contribution in [0.3, 0.4) is 0 Å². The second-order valence-electron chi connectivity index (χ2n) is 11.3. The fourth-order valence-electron chi connectivity index (χ4n) is 6.36. The normalized spacial score (nSPS) is 31.9. The van der Waals surface area contributed by atoms with Gasteiger partial charge >= 0.3 is 5.97 Å². The molecule has 10 nitrogen and oxygen atoms in total. The van der Waals surface area contributed by atoms with Crippen molar-refractivity contribution < 1.29 is 29.1 Å². The zero-order valence-electron chi connectivity index (χ0n) is 22.2. The van der Waals surface area contributed by atoms with Gasteiger partial charge in [0.2, 0.25) is 17.7 Å². The molecule has 4 rings (SSSR count). The Morgan fingerprint density at radius 3 is 2.57 bits per heavy atom. The summed E-state index contributed by atoms with van der Waals surface area (Å²) >= 11 is 1.47. The van der Waals surface area contributed by atoms with E-state index in [1.165, 1.54) is 23.6 Å². The van der Waals surface area contributed by atoms with Gasteiger partial charge in [-0.2, -0.15) is 0 Å². The number of carboxylic acids is 1. The first-order chi connectivity index (χ1) is 17.4. The average molecular weight is 535 g/mol. The minimum Gasteiger partial charge on any atom is -0.477 e. The van der Waals surface area contributed by atoms with Gasteiger partial charge in [0.05, 0.1) is 18.0 Å². The van der Waals surface area contributed by atoms with Crippen LogP contribution in [-0.4, -0.2) is 100 Å². The summed E-state index contributed by atoms with van der Waals surface area (Å²) in [5.41, 5.74) is 0.0569. The second-order valence-corrected chi connectivity index (χ2v) is 12.6. The first kappa shape index (κ1) is 27.6. The fraction of sp³-hybridized carbons (Fsp3) is 0.731. The Morgan fingerprint density at radius 1 is 1.24 bits per heavy atom. The fourth-order valence-corrected chi connectivity index (χ4v) is 7.84. The summed E-state index contributed by atoms with van der Waals surface area (Å²) in [5, 5.41) is 13.3. The molecule has 3 amide bonds. The van der Waals surface area contributed by atoms with Crippen LogP contribution in [0.4, 0.5) is 0 Å². The highest BCUT2D eigenvalue weighted by molar-refractivity contribution is 8.03. The number of hydrogen-bond donors (Lipinski definition) is 2. The number of nitrogens with one attached hydrogen (secondary N) is 1. The molecule has 204 valence electrons. The van der Waals surface area contributed by atoms with Crippen molar-refractivity contribution in [2.75, 3.05) is 33.7 Å². The van der Waals surface area contributed by atoms with Gasteiger partial charge in [0.15, 0.2) is 0 Å². The first-order valence-electron chi connectivity index (χ1n) is 13.1. The Kier molecular flexibility index (Phi) is 8.04. The Morgan fingerprint density at radius 2 is 1.95 bits per heavy atom. The quantitative estimate of drug-likeness (QED) is 0.422. The third-order valence-electron chi connectivity index (χ3n) is 8.26. The van der Waals surface area contributed by atoms with Crippen LogP contribution in [-0.2, 0) is 24.0 Å². The molecule has 3 saturated heterocycles. The summed E-state index contributed by atoms with van der Waals surface area (Å²) < 4.78 is 0. The van der Waals surface area contributed by atoms with Crippen molar-refractivity contribution in [2.45, 2.75) is 63.8 Å². The molecule has 7 atom stereocenters. The number of Topliss-reactive ketones (excluding diaryl/α,β-unsaturated/α-hetero) is 1. The van der Waals surface area contributed by atoms with E-state index in [0.717, 1.165) is 6.42 Å². The van der Waals surface area contributed by atoms with E-state index in [1.807, 2.05) is 18.7 Å². The number of thioether (sulfide) groups is 1. The van der Waals surface area contributed by atoms with Crippen molar-refractivity contribution in [1.82, 2.24) is 20.0 Å². The smallest absolute Gasteiger partial charge is 0.353 e. The van der Waals surface area contributed by atoms with E-state index >= 15 is 0 Å². The maximum atomic E-state index is 13.2. The molecule has 0 spiro atoms. The van der Waals surface area contributed by atoms with Crippen molar-refractivity contribution in [1.29, 1.82) is 0 Å². The summed E-state index contributed by atoms with van der Waals surface area (Å²) in [7, 11) is 3.48. The Labute approximate surface area is 222 Å². The largest absolute Gasteiger partial charge is 0.477 e. The molecule has 11 heteroatoms. The molecular formula is C26H38N4O6S. The number of fused-ring (bicyclic) bond motifs is 1. The number of β-lactam (4-membered cyclic amide) rings is 1. The lowest BCUT2D eigenvalue weighted by Gasteiger charge is -2.47. The Balaban J connectivity index is 1.38. The summed E-state index contributed by atoms with van der Waals surface area (Å²) in [6.07, 6.45) is 2.14. The molecule has 4 aliphatic rings. The minimum absolute atomic E-state index is 0.0105. The molecule has 0 aromatic heterocycles. The molecular weight excluding hydrogens is 496 g/mol. The predicted molar refractivity (Wildman–Crippen MR) is 138 cm³/mol. The van der Waals surface area contributed by atoms with Crippen LogP contribution in [0, 0.1) is 23.7 Å². The molecule has 0 aromatic carbocycles. The molecule has 4 aliphatic heterocycles. The molecule has 0 aromatic rings. The van der Waals surface area contributed by atoms with Crippen molar-refractivity contribution in [3.63, 3.8) is 0 Å². The maximum absolute atomic E-state index is 13.2. The highest BCUT2D eigenvalue weighted by Crippen LogP contribution is 2.53. The average Bonchev–Trinajstić information content (AvgIpc) is 3.52. The van der Waals surface area contributed by atoms with Gasteiger partial charge in [-0.25, -0.2) is 4.79 Å². The van der Waals surface area contributed by atoms with E-state index in [2.05, 4.69) is 5.32 Å². The SMILES string of the molecule is CC(=O)C[C@H](C)[C@H]1C(=O)N2C(C(=O)O)=C(SC3CNC(C(=O)N4CC[C@H](CC(=O)N(C)C)C4)C3)[C@H](C)[C@@H]12. The zero-order valence-corrected chi connectivity index (χ0v) is 23.0. The van der Waals surface area contributed by atoms with Crippen LogP contribution in [0.2, 0.25) is 0 Å². The van der Waals surface area contributed by atoms with Crippen LogP contribution in [0.5, 0.6) is 0 Å². The van der Waals surface area contributed by atoms with Gasteiger partial charge in [0.1, 0.15) is 11.5 Å². The zero-order chi connectivity index (χ0) is 27.2. The van der Waals surface area contributed by atoms with E-state index < -0.39 is 5.97 Å². The van der Waals surface area contributed by atoms with Crippen LogP contribution in [0.15, 0.2) is 10.6 Å². The molecule has 0 radical (unpaired) electrons. The molecule has 37 heavy (non-hydrogen) atoms. The molecule has 0 aliphatic carbocycles. The molecule has 4 heterocycles. The summed E-state index contributed by atoms with van der Waals surface area (Å²) in [6, 6.07) is -0.581. The number of nitrogens with zero attached hydrogens (tertiary/aromatic N) is 3. The van der Waals surface area contributed by atoms with Crippen LogP contribution < -0.4 is 5.32 Å². The van der Waals surface area contributed by atoms with Crippen molar-refractivity contribution >= 4 is 41.2 Å². The second kappa shape index (κ2) is 10.8. The molecule has 0 saturated carbocycles. The lowest BCUT2D eigenvalue weighted by molar-refractivity contribution is -0.160. The Hall–Kier alpha value is -2.40. The van der Waals surface area contributed by atoms with Gasteiger partial charge < -0.3 is 29.9 Å². The lowest BCUT2D eigenvalue weighted by Crippen LogP contribution is -2.62. The molecule has 2 unspecified atom stereocenters. The number of amides is 3. The van der Waals surface area contributed by atoms with Crippen LogP contribution >= 0.6 is 11.8 Å². The topological polar surface area (TPSA) is 127 Å². The number of ketones is 1. The number of aliphatic carboxylic acids is 1. The van der Waals surface area contributed by atoms with E-state index in [-0.39, 0.29) is 70.2 Å². The van der Waals surface area contributed by atoms with E-state index in [4.69, 9.17) is 0 Å². The molecule has 0 bridgehead atoms. The third-order valence-corrected chi connectivity index (χ3v) is 9.77. The number of carbonyl (C=O) groups is 5. The van der Waals surface area contributed by atoms with Gasteiger partial charge in [-0.3, -0.25) is 14.4 Å². The minimum atomic E-state index is -1.11. The van der Waals surface area contributed by atoms with Crippen LogP contribution in [0.1, 0.15) is 46.5 Å². The van der Waals surface area contributed by atoms with Gasteiger partial charge in [0, 0.05) is 62.6 Å². The Bertz CT molecular complexity index is 1030. The number of carbonyl (C=O) groups excluding carboxylic acids is 4. The van der Waals surface area contributed by atoms with Crippen molar-refractivity contribution in [3.05, 3.63) is 10.6 Å². The van der Waals surface area contributed by atoms with Crippen molar-refractivity contribution in [3.8, 4) is 0 Å². The number of rotatable bonds is 9. The van der Waals surface area contributed by atoms with Crippen LogP contribution in [0.25, 0.3) is 0 Å². The van der Waals surface area contributed by atoms with E-state index in [1.54, 1.807) is 19.0 Å². The highest BCUT2D eigenvalue weighted by Gasteiger charge is 2.60. The number of carboxylic acid groups (broad SMARTS) is 1. The standard InChI is InChI=1S/C26H38N4O6S/c1-13(8-14(2)31)20-21-15(3)23(22(26(35)36)30(21)25(20)34)37-17-10-18(27-11-17)24(33)29-7-6-16(12-29)9-19(32)28(4)5/h13,15-18,20-21,27H,6-12H2,1-5H3,(H,35,36)/t13-,15+,16+,17?,18?,20+,21-/m0/s1. The van der Waals surface area contributed by atoms with E-state index in [0.29, 0.717) is 43.8 Å². The van der Waals surface area contributed by atoms with Crippen molar-refractivity contribution in [2.24, 2.45) is 23.7 Å². The first-order valence-corrected chi connectivity index (χ1v) is 14.0. The molecule has 3 fully saturated rings. The number of likely N-dealkylation sites (tertiary alicyclic amines) is 1. The van der Waals surface area contributed by atoms with Gasteiger partial charge in [0.25, 0.3) is 0 Å². The highest BCUT2D eigenvalue weighted by atomic mass is 32.2.